The minimum atomic E-state index is 0.158. The van der Waals surface area contributed by atoms with Crippen LogP contribution in [0.1, 0.15) is 5.56 Å². The Morgan fingerprint density at radius 2 is 2.12 bits per heavy atom. The van der Waals surface area contributed by atoms with Gasteiger partial charge in [0.15, 0.2) is 0 Å². The number of phenols is 1. The van der Waals surface area contributed by atoms with Crippen molar-refractivity contribution in [1.29, 1.82) is 0 Å². The zero-order valence-corrected chi connectivity index (χ0v) is 10.6. The van der Waals surface area contributed by atoms with Crippen LogP contribution >= 0.6 is 11.6 Å². The van der Waals surface area contributed by atoms with Gasteiger partial charge in [0.25, 0.3) is 0 Å². The normalized spacial score (nSPS) is 17.1. The second-order valence-corrected chi connectivity index (χ2v) is 4.55. The van der Waals surface area contributed by atoms with E-state index in [0.717, 1.165) is 31.7 Å². The summed E-state index contributed by atoms with van der Waals surface area (Å²) in [6.45, 7) is 4.63. The summed E-state index contributed by atoms with van der Waals surface area (Å²) < 4.78 is 5.15. The van der Waals surface area contributed by atoms with Crippen molar-refractivity contribution in [3.63, 3.8) is 0 Å². The van der Waals surface area contributed by atoms with Gasteiger partial charge in [0, 0.05) is 44.4 Å². The van der Waals surface area contributed by atoms with Crippen LogP contribution in [0.15, 0.2) is 12.1 Å². The van der Waals surface area contributed by atoms with E-state index >= 15 is 0 Å². The number of methoxy groups -OCH3 is 1. The maximum Gasteiger partial charge on any atom is 0.138 e. The van der Waals surface area contributed by atoms with E-state index in [2.05, 4.69) is 10.2 Å². The molecule has 94 valence electrons. The molecule has 1 aromatic carbocycles. The number of rotatable bonds is 3. The molecule has 1 heterocycles. The molecule has 5 heteroatoms. The van der Waals surface area contributed by atoms with Crippen LogP contribution in [0.3, 0.4) is 0 Å². The number of ether oxygens (including phenoxy) is 1. The molecule has 1 aliphatic heterocycles. The first kappa shape index (κ1) is 12.5. The summed E-state index contributed by atoms with van der Waals surface area (Å²) >= 11 is 5.95. The molecule has 1 aliphatic rings. The van der Waals surface area contributed by atoms with Gasteiger partial charge < -0.3 is 15.2 Å². The lowest BCUT2D eigenvalue weighted by atomic mass is 10.1. The van der Waals surface area contributed by atoms with Crippen LogP contribution in [0.5, 0.6) is 11.5 Å². The molecule has 1 saturated heterocycles. The van der Waals surface area contributed by atoms with Gasteiger partial charge in [-0.05, 0) is 6.07 Å². The van der Waals surface area contributed by atoms with E-state index in [1.807, 2.05) is 6.07 Å². The fraction of sp³-hybridized carbons (Fsp3) is 0.500. The third kappa shape index (κ3) is 3.03. The molecule has 2 rings (SSSR count). The SMILES string of the molecule is COc1cc(Cl)c(O)c(CN2CCNCC2)c1. The van der Waals surface area contributed by atoms with Crippen LogP contribution in [0.2, 0.25) is 5.02 Å². The van der Waals surface area contributed by atoms with Gasteiger partial charge in [0.2, 0.25) is 0 Å². The monoisotopic (exact) mass is 256 g/mol. The topological polar surface area (TPSA) is 44.7 Å². The van der Waals surface area contributed by atoms with Crippen molar-refractivity contribution in [1.82, 2.24) is 10.2 Å². The Kier molecular flexibility index (Phi) is 4.10. The summed E-state index contributed by atoms with van der Waals surface area (Å²) in [4.78, 5) is 2.28. The van der Waals surface area contributed by atoms with Crippen LogP contribution < -0.4 is 10.1 Å². The number of phenolic OH excluding ortho intramolecular Hbond substituents is 1. The van der Waals surface area contributed by atoms with Gasteiger partial charge in [-0.15, -0.1) is 0 Å². The highest BCUT2D eigenvalue weighted by Crippen LogP contribution is 2.33. The zero-order chi connectivity index (χ0) is 12.3. The second kappa shape index (κ2) is 5.58. The molecule has 4 nitrogen and oxygen atoms in total. The number of nitrogens with zero attached hydrogens (tertiary/aromatic N) is 1. The third-order valence-electron chi connectivity index (χ3n) is 2.96. The van der Waals surface area contributed by atoms with Crippen LogP contribution in [0.4, 0.5) is 0 Å². The molecular weight excluding hydrogens is 240 g/mol. The van der Waals surface area contributed by atoms with E-state index in [9.17, 15) is 5.11 Å². The predicted octanol–water partition coefficient (Wildman–Crippen LogP) is 1.46. The number of nitrogens with one attached hydrogen (secondary N) is 1. The van der Waals surface area contributed by atoms with Crippen LogP contribution in [0.25, 0.3) is 0 Å². The van der Waals surface area contributed by atoms with Crippen molar-refractivity contribution in [2.45, 2.75) is 6.54 Å². The van der Waals surface area contributed by atoms with E-state index in [-0.39, 0.29) is 5.75 Å². The molecule has 0 spiro atoms. The highest BCUT2D eigenvalue weighted by molar-refractivity contribution is 6.32. The number of piperazine rings is 1. The first-order valence-corrected chi connectivity index (χ1v) is 6.07. The minimum Gasteiger partial charge on any atom is -0.506 e. The number of hydrogen-bond donors (Lipinski definition) is 2. The highest BCUT2D eigenvalue weighted by Gasteiger charge is 2.14. The Hall–Kier alpha value is -0.970. The molecular formula is C12H17ClN2O2. The largest absolute Gasteiger partial charge is 0.506 e. The van der Waals surface area contributed by atoms with Gasteiger partial charge in [-0.3, -0.25) is 4.90 Å². The van der Waals surface area contributed by atoms with E-state index in [4.69, 9.17) is 16.3 Å². The molecule has 0 aliphatic carbocycles. The Morgan fingerprint density at radius 1 is 1.41 bits per heavy atom. The second-order valence-electron chi connectivity index (χ2n) is 4.14. The quantitative estimate of drug-likeness (QED) is 0.860. The molecule has 2 N–H and O–H groups in total. The first-order chi connectivity index (χ1) is 8.20. The average molecular weight is 257 g/mol. The average Bonchev–Trinajstić information content (AvgIpc) is 2.36. The van der Waals surface area contributed by atoms with E-state index < -0.39 is 0 Å². The highest BCUT2D eigenvalue weighted by atomic mass is 35.5. The summed E-state index contributed by atoms with van der Waals surface area (Å²) in [7, 11) is 1.59. The summed E-state index contributed by atoms with van der Waals surface area (Å²) in [6.07, 6.45) is 0. The number of hydrogen-bond acceptors (Lipinski definition) is 4. The van der Waals surface area contributed by atoms with E-state index in [0.29, 0.717) is 17.3 Å². The number of halogens is 1. The Labute approximate surface area is 106 Å². The van der Waals surface area contributed by atoms with Gasteiger partial charge in [-0.1, -0.05) is 11.6 Å². The Bertz CT molecular complexity index is 392. The molecule has 0 bridgehead atoms. The van der Waals surface area contributed by atoms with Crippen molar-refractivity contribution < 1.29 is 9.84 Å². The summed E-state index contributed by atoms with van der Waals surface area (Å²) in [5.74, 6) is 0.837. The van der Waals surface area contributed by atoms with Gasteiger partial charge in [-0.2, -0.15) is 0 Å². The molecule has 0 radical (unpaired) electrons. The lowest BCUT2D eigenvalue weighted by Gasteiger charge is -2.27. The molecule has 0 amide bonds. The summed E-state index contributed by atoms with van der Waals surface area (Å²) in [5, 5.41) is 13.6. The fourth-order valence-corrected chi connectivity index (χ4v) is 2.21. The third-order valence-corrected chi connectivity index (χ3v) is 3.24. The lowest BCUT2D eigenvalue weighted by Crippen LogP contribution is -2.42. The molecule has 1 fully saturated rings. The molecule has 0 saturated carbocycles. The van der Waals surface area contributed by atoms with Crippen LogP contribution in [-0.2, 0) is 6.54 Å². The summed E-state index contributed by atoms with van der Waals surface area (Å²) in [6, 6.07) is 3.46. The van der Waals surface area contributed by atoms with Crippen molar-refractivity contribution in [3.05, 3.63) is 22.7 Å². The van der Waals surface area contributed by atoms with Crippen molar-refractivity contribution in [2.75, 3.05) is 33.3 Å². The van der Waals surface area contributed by atoms with Gasteiger partial charge >= 0.3 is 0 Å². The molecule has 17 heavy (non-hydrogen) atoms. The maximum absolute atomic E-state index is 9.92. The fourth-order valence-electron chi connectivity index (χ4n) is 1.98. The smallest absolute Gasteiger partial charge is 0.138 e. The van der Waals surface area contributed by atoms with Gasteiger partial charge in [0.1, 0.15) is 11.5 Å². The van der Waals surface area contributed by atoms with Gasteiger partial charge in [0.05, 0.1) is 12.1 Å². The maximum atomic E-state index is 9.92. The molecule has 0 aromatic heterocycles. The van der Waals surface area contributed by atoms with E-state index in [1.165, 1.54) is 0 Å². The first-order valence-electron chi connectivity index (χ1n) is 5.69. The minimum absolute atomic E-state index is 0.158. The molecule has 0 unspecified atom stereocenters. The Morgan fingerprint density at radius 3 is 2.76 bits per heavy atom. The standard InChI is InChI=1S/C12H17ClN2O2/c1-17-10-6-9(12(16)11(13)7-10)8-15-4-2-14-3-5-15/h6-7,14,16H,2-5,8H2,1H3. The summed E-state index contributed by atoms with van der Waals surface area (Å²) in [5.41, 5.74) is 0.816. The molecule has 0 atom stereocenters. The molecule has 1 aromatic rings. The Balaban J connectivity index is 2.15. The van der Waals surface area contributed by atoms with Crippen LogP contribution in [0, 0.1) is 0 Å². The van der Waals surface area contributed by atoms with Crippen molar-refractivity contribution in [2.24, 2.45) is 0 Å². The number of benzene rings is 1. The van der Waals surface area contributed by atoms with Crippen LogP contribution in [-0.4, -0.2) is 43.3 Å². The zero-order valence-electron chi connectivity index (χ0n) is 9.87. The predicted molar refractivity (Wildman–Crippen MR) is 67.8 cm³/mol. The van der Waals surface area contributed by atoms with Crippen molar-refractivity contribution in [3.8, 4) is 11.5 Å². The van der Waals surface area contributed by atoms with E-state index in [1.54, 1.807) is 13.2 Å². The number of aromatic hydroxyl groups is 1. The van der Waals surface area contributed by atoms with Gasteiger partial charge in [-0.25, -0.2) is 0 Å². The van der Waals surface area contributed by atoms with Crippen molar-refractivity contribution >= 4 is 11.6 Å². The lowest BCUT2D eigenvalue weighted by molar-refractivity contribution is 0.230.